The molecule has 0 atom stereocenters. The first kappa shape index (κ1) is 16.6. The summed E-state index contributed by atoms with van der Waals surface area (Å²) in [7, 11) is 1.61. The van der Waals surface area contributed by atoms with E-state index in [0.717, 1.165) is 11.4 Å². The van der Waals surface area contributed by atoms with E-state index in [1.807, 2.05) is 24.3 Å². The molecular weight excluding hydrogens is 347 g/mol. The Kier molecular flexibility index (Phi) is 4.44. The lowest BCUT2D eigenvalue weighted by atomic mass is 10.3. The maximum Gasteiger partial charge on any atom is 0.231 e. The van der Waals surface area contributed by atoms with Crippen molar-refractivity contribution in [2.75, 3.05) is 17.7 Å². The van der Waals surface area contributed by atoms with E-state index in [1.54, 1.807) is 31.6 Å². The minimum Gasteiger partial charge on any atom is -0.497 e. The molecule has 0 saturated heterocycles. The van der Waals surface area contributed by atoms with Crippen molar-refractivity contribution in [2.45, 2.75) is 0 Å². The van der Waals surface area contributed by atoms with Crippen molar-refractivity contribution in [3.63, 3.8) is 0 Å². The number of halogens is 1. The van der Waals surface area contributed by atoms with E-state index in [9.17, 15) is 4.39 Å². The van der Waals surface area contributed by atoms with Gasteiger partial charge in [-0.3, -0.25) is 0 Å². The summed E-state index contributed by atoms with van der Waals surface area (Å²) in [4.78, 5) is 17.4. The molecule has 0 aliphatic rings. The van der Waals surface area contributed by atoms with E-state index in [1.165, 1.54) is 12.1 Å². The van der Waals surface area contributed by atoms with Gasteiger partial charge in [0.2, 0.25) is 5.95 Å². The molecule has 27 heavy (non-hydrogen) atoms. The molecule has 0 saturated carbocycles. The molecule has 0 bridgehead atoms. The number of hydrogen-bond donors (Lipinski definition) is 2. The predicted octanol–water partition coefficient (Wildman–Crippen LogP) is 4.05. The lowest BCUT2D eigenvalue weighted by molar-refractivity contribution is 0.415. The molecule has 8 heteroatoms. The fourth-order valence-corrected chi connectivity index (χ4v) is 2.51. The van der Waals surface area contributed by atoms with Crippen LogP contribution in [0.2, 0.25) is 0 Å². The number of nitrogens with zero attached hydrogens (tertiary/aromatic N) is 4. The van der Waals surface area contributed by atoms with E-state index in [4.69, 9.17) is 4.74 Å². The molecule has 0 amide bonds. The first-order valence-corrected chi connectivity index (χ1v) is 8.14. The van der Waals surface area contributed by atoms with Gasteiger partial charge in [0.05, 0.1) is 7.11 Å². The second-order valence-electron chi connectivity index (χ2n) is 5.61. The van der Waals surface area contributed by atoms with E-state index in [0.29, 0.717) is 22.7 Å². The van der Waals surface area contributed by atoms with E-state index < -0.39 is 0 Å². The van der Waals surface area contributed by atoms with Crippen molar-refractivity contribution in [2.24, 2.45) is 0 Å². The molecule has 0 aliphatic heterocycles. The van der Waals surface area contributed by atoms with Gasteiger partial charge in [-0.1, -0.05) is 6.07 Å². The van der Waals surface area contributed by atoms with Gasteiger partial charge in [0, 0.05) is 23.8 Å². The van der Waals surface area contributed by atoms with Crippen molar-refractivity contribution < 1.29 is 9.13 Å². The molecule has 0 aliphatic carbocycles. The van der Waals surface area contributed by atoms with Gasteiger partial charge in [0.15, 0.2) is 17.0 Å². The fraction of sp³-hybridized carbons (Fsp3) is 0.0526. The fourth-order valence-electron chi connectivity index (χ4n) is 2.51. The largest absolute Gasteiger partial charge is 0.497 e. The van der Waals surface area contributed by atoms with Crippen LogP contribution in [0.25, 0.3) is 11.2 Å². The van der Waals surface area contributed by atoms with Crippen molar-refractivity contribution in [3.05, 3.63) is 66.7 Å². The number of anilines is 4. The van der Waals surface area contributed by atoms with Gasteiger partial charge in [-0.25, -0.2) is 14.4 Å². The number of rotatable bonds is 5. The Morgan fingerprint density at radius 2 is 1.70 bits per heavy atom. The number of ether oxygens (including phenoxy) is 1. The smallest absolute Gasteiger partial charge is 0.231 e. The molecule has 0 spiro atoms. The van der Waals surface area contributed by atoms with Crippen LogP contribution >= 0.6 is 0 Å². The van der Waals surface area contributed by atoms with E-state index in [2.05, 4.69) is 30.6 Å². The quantitative estimate of drug-likeness (QED) is 0.554. The summed E-state index contributed by atoms with van der Waals surface area (Å²) in [5.74, 6) is 1.17. The van der Waals surface area contributed by atoms with Crippen molar-refractivity contribution in [1.29, 1.82) is 0 Å². The summed E-state index contributed by atoms with van der Waals surface area (Å²) < 4.78 is 18.6. The minimum absolute atomic E-state index is 0.282. The van der Waals surface area contributed by atoms with Crippen LogP contribution in [-0.2, 0) is 0 Å². The summed E-state index contributed by atoms with van der Waals surface area (Å²) >= 11 is 0. The summed E-state index contributed by atoms with van der Waals surface area (Å²) in [6, 6.07) is 13.5. The SMILES string of the molecule is COc1ccc(Nc2nc(Nc3cccc(F)c3)nc3nccnc23)cc1. The Labute approximate surface area is 154 Å². The normalized spacial score (nSPS) is 10.6. The lowest BCUT2D eigenvalue weighted by Crippen LogP contribution is -2.04. The van der Waals surface area contributed by atoms with Crippen LogP contribution in [0, 0.1) is 5.82 Å². The Morgan fingerprint density at radius 3 is 2.48 bits per heavy atom. The van der Waals surface area contributed by atoms with Gasteiger partial charge < -0.3 is 15.4 Å². The first-order valence-electron chi connectivity index (χ1n) is 8.14. The zero-order valence-electron chi connectivity index (χ0n) is 14.3. The van der Waals surface area contributed by atoms with Gasteiger partial charge in [-0.2, -0.15) is 9.97 Å². The standard InChI is InChI=1S/C19H15FN6O/c1-27-15-7-5-13(6-8-15)23-18-16-17(22-10-9-21-16)25-19(26-18)24-14-4-2-3-12(20)11-14/h2-11H,1H3,(H2,22,23,24,25,26). The number of methoxy groups -OCH3 is 1. The number of benzene rings is 2. The Morgan fingerprint density at radius 1 is 0.889 bits per heavy atom. The zero-order chi connectivity index (χ0) is 18.6. The van der Waals surface area contributed by atoms with E-state index in [-0.39, 0.29) is 11.8 Å². The molecule has 0 fully saturated rings. The van der Waals surface area contributed by atoms with Crippen LogP contribution in [0.15, 0.2) is 60.9 Å². The average molecular weight is 362 g/mol. The van der Waals surface area contributed by atoms with Gasteiger partial charge in [-0.15, -0.1) is 0 Å². The summed E-state index contributed by atoms with van der Waals surface area (Å²) in [5.41, 5.74) is 2.28. The summed E-state index contributed by atoms with van der Waals surface area (Å²) in [5, 5.41) is 6.20. The molecule has 2 aromatic carbocycles. The van der Waals surface area contributed by atoms with Crippen molar-refractivity contribution in [1.82, 2.24) is 19.9 Å². The highest BCUT2D eigenvalue weighted by Gasteiger charge is 2.11. The molecule has 4 aromatic rings. The molecule has 0 unspecified atom stereocenters. The molecule has 2 N–H and O–H groups in total. The third-order valence-corrected chi connectivity index (χ3v) is 3.77. The molecule has 4 rings (SSSR count). The average Bonchev–Trinajstić information content (AvgIpc) is 2.69. The maximum atomic E-state index is 13.4. The highest BCUT2D eigenvalue weighted by molar-refractivity contribution is 5.86. The van der Waals surface area contributed by atoms with Crippen LogP contribution in [0.1, 0.15) is 0 Å². The van der Waals surface area contributed by atoms with Crippen LogP contribution in [0.4, 0.5) is 27.5 Å². The zero-order valence-corrected chi connectivity index (χ0v) is 14.3. The Balaban J connectivity index is 1.71. The monoisotopic (exact) mass is 362 g/mol. The number of aromatic nitrogens is 4. The minimum atomic E-state index is -0.350. The van der Waals surface area contributed by atoms with Gasteiger partial charge in [0.25, 0.3) is 0 Å². The number of nitrogens with one attached hydrogen (secondary N) is 2. The molecule has 7 nitrogen and oxygen atoms in total. The molecule has 0 radical (unpaired) electrons. The highest BCUT2D eigenvalue weighted by atomic mass is 19.1. The number of fused-ring (bicyclic) bond motifs is 1. The van der Waals surface area contributed by atoms with E-state index >= 15 is 0 Å². The Hall–Kier alpha value is -3.81. The van der Waals surface area contributed by atoms with Crippen molar-refractivity contribution in [3.8, 4) is 5.75 Å². The molecule has 2 heterocycles. The van der Waals surface area contributed by atoms with Crippen LogP contribution in [0.3, 0.4) is 0 Å². The summed E-state index contributed by atoms with van der Waals surface area (Å²) in [6.07, 6.45) is 3.13. The second kappa shape index (κ2) is 7.20. The second-order valence-corrected chi connectivity index (χ2v) is 5.61. The van der Waals surface area contributed by atoms with Crippen LogP contribution in [0.5, 0.6) is 5.75 Å². The highest BCUT2D eigenvalue weighted by Crippen LogP contribution is 2.25. The van der Waals surface area contributed by atoms with Gasteiger partial charge in [0.1, 0.15) is 11.6 Å². The topological polar surface area (TPSA) is 84.9 Å². The Bertz CT molecular complexity index is 1090. The van der Waals surface area contributed by atoms with Gasteiger partial charge >= 0.3 is 0 Å². The summed E-state index contributed by atoms with van der Waals surface area (Å²) in [6.45, 7) is 0. The number of hydrogen-bond acceptors (Lipinski definition) is 7. The maximum absolute atomic E-state index is 13.4. The lowest BCUT2D eigenvalue weighted by Gasteiger charge is -2.11. The predicted molar refractivity (Wildman–Crippen MR) is 101 cm³/mol. The molecule has 2 aromatic heterocycles. The molecule has 134 valence electrons. The van der Waals surface area contributed by atoms with Crippen LogP contribution < -0.4 is 15.4 Å². The molecular formula is C19H15FN6O. The first-order chi connectivity index (χ1) is 13.2. The third-order valence-electron chi connectivity index (χ3n) is 3.77. The van der Waals surface area contributed by atoms with Crippen LogP contribution in [-0.4, -0.2) is 27.0 Å². The third kappa shape index (κ3) is 3.74. The van der Waals surface area contributed by atoms with Crippen molar-refractivity contribution >= 4 is 34.3 Å². The van der Waals surface area contributed by atoms with Gasteiger partial charge in [-0.05, 0) is 42.5 Å².